The number of hydrogen-bond acceptors (Lipinski definition) is 4. The van der Waals surface area contributed by atoms with Crippen LogP contribution in [0.15, 0.2) is 56.9 Å². The Labute approximate surface area is 138 Å². The quantitative estimate of drug-likeness (QED) is 0.638. The van der Waals surface area contributed by atoms with Crippen LogP contribution in [0.2, 0.25) is 0 Å². The van der Waals surface area contributed by atoms with Crippen LogP contribution in [0.4, 0.5) is 0 Å². The molecule has 0 spiro atoms. The molecule has 0 aliphatic rings. The maximum absolute atomic E-state index is 12.1. The van der Waals surface area contributed by atoms with Crippen molar-refractivity contribution in [2.45, 2.75) is 11.8 Å². The molecule has 0 heterocycles. The van der Waals surface area contributed by atoms with Gasteiger partial charge in [0.25, 0.3) is 10.0 Å². The number of sulfonamides is 1. The van der Waals surface area contributed by atoms with Gasteiger partial charge >= 0.3 is 0 Å². The maximum Gasteiger partial charge on any atom is 0.276 e. The van der Waals surface area contributed by atoms with Crippen molar-refractivity contribution in [1.82, 2.24) is 4.83 Å². The van der Waals surface area contributed by atoms with E-state index < -0.39 is 10.0 Å². The molecule has 0 aliphatic carbocycles. The minimum atomic E-state index is -3.68. The van der Waals surface area contributed by atoms with Gasteiger partial charge in [-0.3, -0.25) is 0 Å². The van der Waals surface area contributed by atoms with Crippen molar-refractivity contribution in [1.29, 1.82) is 0 Å². The Balaban J connectivity index is 2.18. The van der Waals surface area contributed by atoms with Crippen molar-refractivity contribution in [2.75, 3.05) is 7.11 Å². The Bertz CT molecular complexity index is 787. The van der Waals surface area contributed by atoms with E-state index in [9.17, 15) is 8.42 Å². The molecule has 0 unspecified atom stereocenters. The van der Waals surface area contributed by atoms with E-state index in [1.807, 2.05) is 13.0 Å². The van der Waals surface area contributed by atoms with Gasteiger partial charge in [0.1, 0.15) is 5.75 Å². The van der Waals surface area contributed by atoms with E-state index in [4.69, 9.17) is 4.74 Å². The van der Waals surface area contributed by atoms with Crippen LogP contribution in [0.25, 0.3) is 0 Å². The van der Waals surface area contributed by atoms with Crippen LogP contribution in [-0.2, 0) is 10.0 Å². The number of nitrogens with one attached hydrogen (secondary N) is 1. The molecular weight excluding hydrogens is 368 g/mol. The number of benzene rings is 2. The number of aryl methyl sites for hydroxylation is 1. The molecule has 2 aromatic rings. The second kappa shape index (κ2) is 6.93. The van der Waals surface area contributed by atoms with Gasteiger partial charge in [-0.05, 0) is 37.3 Å². The number of rotatable bonds is 5. The highest BCUT2D eigenvalue weighted by molar-refractivity contribution is 9.10. The van der Waals surface area contributed by atoms with E-state index in [0.29, 0.717) is 11.3 Å². The molecule has 0 radical (unpaired) electrons. The summed E-state index contributed by atoms with van der Waals surface area (Å²) in [5, 5.41) is 3.80. The average molecular weight is 383 g/mol. The second-order valence-electron chi connectivity index (χ2n) is 4.55. The first kappa shape index (κ1) is 16.5. The van der Waals surface area contributed by atoms with Gasteiger partial charge < -0.3 is 4.74 Å². The molecular formula is C15H15BrN2O3S. The van der Waals surface area contributed by atoms with E-state index in [1.165, 1.54) is 25.5 Å². The fourth-order valence-electron chi connectivity index (χ4n) is 1.74. The largest absolute Gasteiger partial charge is 0.496 e. The summed E-state index contributed by atoms with van der Waals surface area (Å²) in [7, 11) is -2.14. The Kier molecular flexibility index (Phi) is 5.20. The highest BCUT2D eigenvalue weighted by atomic mass is 79.9. The molecule has 2 rings (SSSR count). The molecule has 7 heteroatoms. The lowest BCUT2D eigenvalue weighted by Crippen LogP contribution is -2.18. The molecule has 0 saturated carbocycles. The van der Waals surface area contributed by atoms with E-state index in [-0.39, 0.29) is 4.90 Å². The zero-order valence-corrected chi connectivity index (χ0v) is 14.5. The molecule has 0 fully saturated rings. The first-order chi connectivity index (χ1) is 10.4. The van der Waals surface area contributed by atoms with Crippen molar-refractivity contribution in [3.05, 3.63) is 58.1 Å². The molecule has 22 heavy (non-hydrogen) atoms. The standard InChI is InChI=1S/C15H15BrN2O3S/c1-11-3-6-14(7-4-11)22(19,20)18-17-10-12-9-13(16)5-8-15(12)21-2/h3-10,18H,1-2H3/b17-10-. The summed E-state index contributed by atoms with van der Waals surface area (Å²) in [6.07, 6.45) is 1.40. The molecule has 5 nitrogen and oxygen atoms in total. The van der Waals surface area contributed by atoms with Crippen molar-refractivity contribution in [3.63, 3.8) is 0 Å². The van der Waals surface area contributed by atoms with Gasteiger partial charge in [0.2, 0.25) is 0 Å². The Morgan fingerprint density at radius 3 is 2.50 bits per heavy atom. The lowest BCUT2D eigenvalue weighted by molar-refractivity contribution is 0.414. The predicted octanol–water partition coefficient (Wildman–Crippen LogP) is 3.08. The third-order valence-corrected chi connectivity index (χ3v) is 4.63. The SMILES string of the molecule is COc1ccc(Br)cc1/C=N\NS(=O)(=O)c1ccc(C)cc1. The zero-order chi connectivity index (χ0) is 16.2. The van der Waals surface area contributed by atoms with Crippen molar-refractivity contribution in [3.8, 4) is 5.75 Å². The number of ether oxygens (including phenoxy) is 1. The van der Waals surface area contributed by atoms with Gasteiger partial charge in [-0.1, -0.05) is 33.6 Å². The van der Waals surface area contributed by atoms with Gasteiger partial charge in [-0.2, -0.15) is 13.5 Å². The summed E-state index contributed by atoms with van der Waals surface area (Å²) in [6, 6.07) is 11.9. The Morgan fingerprint density at radius 2 is 1.86 bits per heavy atom. The molecule has 0 atom stereocenters. The zero-order valence-electron chi connectivity index (χ0n) is 12.1. The lowest BCUT2D eigenvalue weighted by atomic mass is 10.2. The fraction of sp³-hybridized carbons (Fsp3) is 0.133. The predicted molar refractivity (Wildman–Crippen MR) is 89.8 cm³/mol. The number of hydrogen-bond donors (Lipinski definition) is 1. The summed E-state index contributed by atoms with van der Waals surface area (Å²) >= 11 is 3.34. The van der Waals surface area contributed by atoms with Crippen molar-refractivity contribution >= 4 is 32.2 Å². The molecule has 0 saturated heterocycles. The normalized spacial score (nSPS) is 11.6. The Hall–Kier alpha value is -1.86. The molecule has 2 aromatic carbocycles. The van der Waals surface area contributed by atoms with Crippen LogP contribution in [0.5, 0.6) is 5.75 Å². The third kappa shape index (κ3) is 4.08. The first-order valence-electron chi connectivity index (χ1n) is 6.37. The van der Waals surface area contributed by atoms with E-state index in [1.54, 1.807) is 24.3 Å². The second-order valence-corrected chi connectivity index (χ2v) is 7.13. The van der Waals surface area contributed by atoms with Gasteiger partial charge in [0.15, 0.2) is 0 Å². The van der Waals surface area contributed by atoms with Crippen LogP contribution in [0, 0.1) is 6.92 Å². The molecule has 0 aromatic heterocycles. The van der Waals surface area contributed by atoms with Crippen LogP contribution in [0.1, 0.15) is 11.1 Å². The van der Waals surface area contributed by atoms with Gasteiger partial charge in [-0.15, -0.1) is 0 Å². The monoisotopic (exact) mass is 382 g/mol. The lowest BCUT2D eigenvalue weighted by Gasteiger charge is -2.06. The first-order valence-corrected chi connectivity index (χ1v) is 8.65. The average Bonchev–Trinajstić information content (AvgIpc) is 2.48. The smallest absolute Gasteiger partial charge is 0.276 e. The molecule has 1 N–H and O–H groups in total. The molecule has 0 bridgehead atoms. The summed E-state index contributed by atoms with van der Waals surface area (Å²) in [4.78, 5) is 2.35. The summed E-state index contributed by atoms with van der Waals surface area (Å²) in [5.41, 5.74) is 1.64. The number of hydrazone groups is 1. The molecule has 116 valence electrons. The van der Waals surface area contributed by atoms with E-state index in [2.05, 4.69) is 25.9 Å². The topological polar surface area (TPSA) is 67.8 Å². The summed E-state index contributed by atoms with van der Waals surface area (Å²) in [5.74, 6) is 0.599. The van der Waals surface area contributed by atoms with Crippen LogP contribution in [-0.4, -0.2) is 21.7 Å². The van der Waals surface area contributed by atoms with E-state index >= 15 is 0 Å². The van der Waals surface area contributed by atoms with Gasteiger partial charge in [-0.25, -0.2) is 4.83 Å². The van der Waals surface area contributed by atoms with Gasteiger partial charge in [0.05, 0.1) is 18.2 Å². The number of methoxy groups -OCH3 is 1. The summed E-state index contributed by atoms with van der Waals surface area (Å²) in [6.45, 7) is 1.89. The fourth-order valence-corrected chi connectivity index (χ4v) is 2.91. The van der Waals surface area contributed by atoms with Crippen molar-refractivity contribution < 1.29 is 13.2 Å². The van der Waals surface area contributed by atoms with Crippen LogP contribution >= 0.6 is 15.9 Å². The third-order valence-electron chi connectivity index (χ3n) is 2.90. The summed E-state index contributed by atoms with van der Waals surface area (Å²) < 4.78 is 30.2. The molecule has 0 amide bonds. The van der Waals surface area contributed by atoms with E-state index in [0.717, 1.165) is 10.0 Å². The highest BCUT2D eigenvalue weighted by Crippen LogP contribution is 2.21. The minimum Gasteiger partial charge on any atom is -0.496 e. The van der Waals surface area contributed by atoms with Crippen LogP contribution in [0.3, 0.4) is 0 Å². The van der Waals surface area contributed by atoms with Crippen molar-refractivity contribution in [2.24, 2.45) is 5.10 Å². The Morgan fingerprint density at radius 1 is 1.18 bits per heavy atom. The van der Waals surface area contributed by atoms with Crippen LogP contribution < -0.4 is 9.57 Å². The van der Waals surface area contributed by atoms with Gasteiger partial charge in [0, 0.05) is 10.0 Å². The highest BCUT2D eigenvalue weighted by Gasteiger charge is 2.12. The molecule has 0 aliphatic heterocycles. The maximum atomic E-state index is 12.1. The number of nitrogens with zero attached hydrogens (tertiary/aromatic N) is 1. The number of halogens is 1. The minimum absolute atomic E-state index is 0.163.